The van der Waals surface area contributed by atoms with Crippen LogP contribution in [0.4, 0.5) is 5.82 Å². The summed E-state index contributed by atoms with van der Waals surface area (Å²) in [6, 6.07) is 15.6. The highest BCUT2D eigenvalue weighted by Crippen LogP contribution is 2.32. The number of benzene rings is 1. The Labute approximate surface area is 205 Å². The van der Waals surface area contributed by atoms with Crippen molar-refractivity contribution in [3.05, 3.63) is 70.9 Å². The van der Waals surface area contributed by atoms with Gasteiger partial charge in [0.15, 0.2) is 5.82 Å². The zero-order chi connectivity index (χ0) is 24.0. The van der Waals surface area contributed by atoms with Crippen LogP contribution in [0.2, 0.25) is 0 Å². The van der Waals surface area contributed by atoms with Gasteiger partial charge in [0.1, 0.15) is 0 Å². The Hall–Kier alpha value is -3.55. The maximum Gasteiger partial charge on any atom is 0.253 e. The molecular formula is C27H32N6O2. The highest BCUT2D eigenvalue weighted by molar-refractivity contribution is 5.79. The molecule has 3 heterocycles. The van der Waals surface area contributed by atoms with Gasteiger partial charge in [0.05, 0.1) is 23.6 Å². The smallest absolute Gasteiger partial charge is 0.253 e. The van der Waals surface area contributed by atoms with Crippen molar-refractivity contribution in [2.75, 3.05) is 24.5 Å². The average molecular weight is 473 g/mol. The first-order chi connectivity index (χ1) is 17.2. The van der Waals surface area contributed by atoms with Crippen LogP contribution < -0.4 is 15.8 Å². The van der Waals surface area contributed by atoms with E-state index in [0.29, 0.717) is 25.6 Å². The van der Waals surface area contributed by atoms with Gasteiger partial charge >= 0.3 is 0 Å². The molecular weight excluding hydrogens is 440 g/mol. The standard InChI is InChI=1S/C27H32N6O2/c34-26-17-24(21-9-4-5-10-21)29-19-33(26)16-14-28-27(35)22-11-6-15-32(18-22)25-13-12-23(30-31-25)20-7-2-1-3-8-20/h1-3,7-8,12-13,17,19,21-22H,4-6,9-11,14-16,18H2,(H,28,35). The zero-order valence-corrected chi connectivity index (χ0v) is 20.0. The van der Waals surface area contributed by atoms with Gasteiger partial charge in [-0.05, 0) is 37.8 Å². The molecule has 2 aromatic heterocycles. The van der Waals surface area contributed by atoms with E-state index in [-0.39, 0.29) is 17.4 Å². The van der Waals surface area contributed by atoms with E-state index in [1.54, 1.807) is 17.0 Å². The molecule has 0 spiro atoms. The van der Waals surface area contributed by atoms with Crippen molar-refractivity contribution in [2.24, 2.45) is 5.92 Å². The van der Waals surface area contributed by atoms with Crippen LogP contribution in [0, 0.1) is 5.92 Å². The number of carbonyl (C=O) groups is 1. The second kappa shape index (κ2) is 10.8. The lowest BCUT2D eigenvalue weighted by Crippen LogP contribution is -2.44. The van der Waals surface area contributed by atoms with Gasteiger partial charge in [-0.15, -0.1) is 10.2 Å². The normalized spacial score (nSPS) is 18.5. The molecule has 0 radical (unpaired) electrons. The van der Waals surface area contributed by atoms with Crippen molar-refractivity contribution in [1.82, 2.24) is 25.1 Å². The minimum atomic E-state index is -0.112. The molecule has 1 N–H and O–H groups in total. The molecule has 2 aliphatic rings. The van der Waals surface area contributed by atoms with Gasteiger partial charge in [-0.2, -0.15) is 0 Å². The minimum absolute atomic E-state index is 0.0205. The first kappa shape index (κ1) is 23.2. The van der Waals surface area contributed by atoms with E-state index >= 15 is 0 Å². The fourth-order valence-corrected chi connectivity index (χ4v) is 5.15. The van der Waals surface area contributed by atoms with Crippen LogP contribution in [0.5, 0.6) is 0 Å². The van der Waals surface area contributed by atoms with Crippen LogP contribution in [0.25, 0.3) is 11.3 Å². The topological polar surface area (TPSA) is 93.0 Å². The number of rotatable bonds is 7. The number of nitrogens with one attached hydrogen (secondary N) is 1. The highest BCUT2D eigenvalue weighted by Gasteiger charge is 2.26. The van der Waals surface area contributed by atoms with E-state index in [1.807, 2.05) is 42.5 Å². The molecule has 1 aliphatic heterocycles. The third-order valence-electron chi connectivity index (χ3n) is 7.16. The predicted octanol–water partition coefficient (Wildman–Crippen LogP) is 3.39. The molecule has 182 valence electrons. The SMILES string of the molecule is O=C(NCCn1cnc(C2CCCC2)cc1=O)C1CCCN(c2ccc(-c3ccccc3)nn2)C1. The molecule has 1 saturated heterocycles. The van der Waals surface area contributed by atoms with Crippen LogP contribution >= 0.6 is 0 Å². The van der Waals surface area contributed by atoms with E-state index in [0.717, 1.165) is 55.0 Å². The lowest BCUT2D eigenvalue weighted by molar-refractivity contribution is -0.125. The third-order valence-corrected chi connectivity index (χ3v) is 7.16. The number of nitrogens with zero attached hydrogens (tertiary/aromatic N) is 5. The summed E-state index contributed by atoms with van der Waals surface area (Å²) in [5, 5.41) is 11.8. The summed E-state index contributed by atoms with van der Waals surface area (Å²) in [5.74, 6) is 1.12. The number of anilines is 1. The number of hydrogen-bond donors (Lipinski definition) is 1. The zero-order valence-electron chi connectivity index (χ0n) is 20.0. The molecule has 1 amide bonds. The van der Waals surface area contributed by atoms with Crippen LogP contribution in [-0.2, 0) is 11.3 Å². The van der Waals surface area contributed by atoms with Gasteiger partial charge < -0.3 is 10.2 Å². The molecule has 1 saturated carbocycles. The number of piperidine rings is 1. The van der Waals surface area contributed by atoms with Gasteiger partial charge in [0.25, 0.3) is 5.56 Å². The van der Waals surface area contributed by atoms with Gasteiger partial charge in [0.2, 0.25) is 5.91 Å². The van der Waals surface area contributed by atoms with Crippen molar-refractivity contribution < 1.29 is 4.79 Å². The molecule has 35 heavy (non-hydrogen) atoms. The van der Waals surface area contributed by atoms with Crippen LogP contribution in [0.3, 0.4) is 0 Å². The predicted molar refractivity (Wildman–Crippen MR) is 135 cm³/mol. The summed E-state index contributed by atoms with van der Waals surface area (Å²) in [6.45, 7) is 2.30. The highest BCUT2D eigenvalue weighted by atomic mass is 16.2. The van der Waals surface area contributed by atoms with Crippen molar-refractivity contribution >= 4 is 11.7 Å². The second-order valence-corrected chi connectivity index (χ2v) is 9.55. The number of amides is 1. The fraction of sp³-hybridized carbons (Fsp3) is 0.444. The van der Waals surface area contributed by atoms with Gasteiger partial charge in [-0.3, -0.25) is 14.2 Å². The van der Waals surface area contributed by atoms with Crippen molar-refractivity contribution in [3.63, 3.8) is 0 Å². The van der Waals surface area contributed by atoms with Crippen molar-refractivity contribution in [1.29, 1.82) is 0 Å². The van der Waals surface area contributed by atoms with Crippen LogP contribution in [0.1, 0.15) is 50.1 Å². The summed E-state index contributed by atoms with van der Waals surface area (Å²) < 4.78 is 1.58. The lowest BCUT2D eigenvalue weighted by atomic mass is 9.97. The second-order valence-electron chi connectivity index (χ2n) is 9.55. The maximum absolute atomic E-state index is 12.8. The Bertz CT molecular complexity index is 1190. The fourth-order valence-electron chi connectivity index (χ4n) is 5.15. The Kier molecular flexibility index (Phi) is 7.16. The molecule has 1 aliphatic carbocycles. The Morgan fingerprint density at radius 3 is 2.57 bits per heavy atom. The molecule has 1 atom stereocenters. The summed E-state index contributed by atoms with van der Waals surface area (Å²) in [5.41, 5.74) is 2.74. The molecule has 1 unspecified atom stereocenters. The Morgan fingerprint density at radius 1 is 1.00 bits per heavy atom. The Morgan fingerprint density at radius 2 is 1.83 bits per heavy atom. The first-order valence-corrected chi connectivity index (χ1v) is 12.7. The van der Waals surface area contributed by atoms with Gasteiger partial charge in [-0.1, -0.05) is 43.2 Å². The molecule has 5 rings (SSSR count). The van der Waals surface area contributed by atoms with Gasteiger partial charge in [0, 0.05) is 43.7 Å². The van der Waals surface area contributed by atoms with E-state index in [4.69, 9.17) is 0 Å². The van der Waals surface area contributed by atoms with Crippen molar-refractivity contribution in [3.8, 4) is 11.3 Å². The number of carbonyl (C=O) groups excluding carboxylic acids is 1. The summed E-state index contributed by atoms with van der Waals surface area (Å²) in [4.78, 5) is 32.0. The van der Waals surface area contributed by atoms with E-state index in [9.17, 15) is 9.59 Å². The first-order valence-electron chi connectivity index (χ1n) is 12.7. The summed E-state index contributed by atoms with van der Waals surface area (Å²) in [6.07, 6.45) is 8.06. The molecule has 8 heteroatoms. The number of aromatic nitrogens is 4. The number of hydrogen-bond acceptors (Lipinski definition) is 6. The largest absolute Gasteiger partial charge is 0.354 e. The monoisotopic (exact) mass is 472 g/mol. The lowest BCUT2D eigenvalue weighted by Gasteiger charge is -2.32. The molecule has 3 aromatic rings. The molecule has 1 aromatic carbocycles. The van der Waals surface area contributed by atoms with Crippen molar-refractivity contribution in [2.45, 2.75) is 51.0 Å². The summed E-state index contributed by atoms with van der Waals surface area (Å²) in [7, 11) is 0. The molecule has 8 nitrogen and oxygen atoms in total. The van der Waals surface area contributed by atoms with E-state index < -0.39 is 0 Å². The Balaban J connectivity index is 1.13. The average Bonchev–Trinajstić information content (AvgIpc) is 3.45. The van der Waals surface area contributed by atoms with Crippen LogP contribution in [0.15, 0.2) is 59.7 Å². The van der Waals surface area contributed by atoms with Crippen LogP contribution in [-0.4, -0.2) is 45.3 Å². The third kappa shape index (κ3) is 5.58. The molecule has 2 fully saturated rings. The van der Waals surface area contributed by atoms with E-state index in [1.165, 1.54) is 12.8 Å². The van der Waals surface area contributed by atoms with Gasteiger partial charge in [-0.25, -0.2) is 4.98 Å². The summed E-state index contributed by atoms with van der Waals surface area (Å²) >= 11 is 0. The molecule has 0 bridgehead atoms. The maximum atomic E-state index is 12.8. The minimum Gasteiger partial charge on any atom is -0.354 e. The quantitative estimate of drug-likeness (QED) is 0.567. The van der Waals surface area contributed by atoms with E-state index in [2.05, 4.69) is 25.4 Å².